The normalized spacial score (nSPS) is 12.6. The van der Waals surface area contributed by atoms with E-state index in [2.05, 4.69) is 12.2 Å². The van der Waals surface area contributed by atoms with Gasteiger partial charge in [-0.2, -0.15) is 11.8 Å². The molecule has 0 radical (unpaired) electrons. The SMILES string of the molecule is CC(=O)NCCSC(C)CCO. The van der Waals surface area contributed by atoms with Crippen molar-refractivity contribution in [1.82, 2.24) is 5.32 Å². The predicted octanol–water partition coefficient (Wildman–Crippen LogP) is 0.627. The highest BCUT2D eigenvalue weighted by Crippen LogP contribution is 2.11. The van der Waals surface area contributed by atoms with Crippen molar-refractivity contribution in [2.75, 3.05) is 18.9 Å². The number of rotatable bonds is 6. The van der Waals surface area contributed by atoms with Gasteiger partial charge in [0.1, 0.15) is 0 Å². The zero-order valence-electron chi connectivity index (χ0n) is 7.67. The first-order valence-electron chi connectivity index (χ1n) is 4.13. The van der Waals surface area contributed by atoms with E-state index in [0.29, 0.717) is 5.25 Å². The largest absolute Gasteiger partial charge is 0.396 e. The second-order valence-corrected chi connectivity index (χ2v) is 4.22. The first kappa shape index (κ1) is 11.8. The molecule has 1 amide bonds. The maximum Gasteiger partial charge on any atom is 0.216 e. The third-order valence-electron chi connectivity index (χ3n) is 1.41. The number of aliphatic hydroxyl groups is 1. The van der Waals surface area contributed by atoms with E-state index < -0.39 is 0 Å². The minimum atomic E-state index is 0.0189. The first-order chi connectivity index (χ1) is 5.66. The highest BCUT2D eigenvalue weighted by molar-refractivity contribution is 7.99. The van der Waals surface area contributed by atoms with Crippen LogP contribution in [0, 0.1) is 0 Å². The fourth-order valence-electron chi connectivity index (χ4n) is 0.752. The fourth-order valence-corrected chi connectivity index (χ4v) is 1.65. The number of amides is 1. The number of nitrogens with one attached hydrogen (secondary N) is 1. The lowest BCUT2D eigenvalue weighted by Gasteiger charge is -2.08. The number of aliphatic hydroxyl groups excluding tert-OH is 1. The zero-order chi connectivity index (χ0) is 9.40. The lowest BCUT2D eigenvalue weighted by molar-refractivity contribution is -0.118. The van der Waals surface area contributed by atoms with E-state index in [4.69, 9.17) is 5.11 Å². The van der Waals surface area contributed by atoms with E-state index in [1.165, 1.54) is 6.92 Å². The topological polar surface area (TPSA) is 49.3 Å². The van der Waals surface area contributed by atoms with Crippen LogP contribution in [-0.4, -0.2) is 35.2 Å². The Labute approximate surface area is 77.9 Å². The highest BCUT2D eigenvalue weighted by atomic mass is 32.2. The Kier molecular flexibility index (Phi) is 7.29. The second-order valence-electron chi connectivity index (χ2n) is 2.68. The van der Waals surface area contributed by atoms with E-state index >= 15 is 0 Å². The molecule has 4 heteroatoms. The monoisotopic (exact) mass is 191 g/mol. The van der Waals surface area contributed by atoms with Crippen molar-refractivity contribution >= 4 is 17.7 Å². The molecule has 72 valence electrons. The molecule has 0 fully saturated rings. The van der Waals surface area contributed by atoms with E-state index in [0.717, 1.165) is 18.7 Å². The zero-order valence-corrected chi connectivity index (χ0v) is 8.49. The van der Waals surface area contributed by atoms with Gasteiger partial charge in [0.25, 0.3) is 0 Å². The van der Waals surface area contributed by atoms with Crippen LogP contribution in [0.15, 0.2) is 0 Å². The van der Waals surface area contributed by atoms with Crippen LogP contribution in [0.1, 0.15) is 20.3 Å². The molecule has 0 heterocycles. The average Bonchev–Trinajstić information content (AvgIpc) is 1.98. The Balaban J connectivity index is 3.13. The lowest BCUT2D eigenvalue weighted by Crippen LogP contribution is -2.23. The second kappa shape index (κ2) is 7.43. The molecule has 0 saturated carbocycles. The van der Waals surface area contributed by atoms with Gasteiger partial charge in [-0.25, -0.2) is 0 Å². The Morgan fingerprint density at radius 3 is 2.83 bits per heavy atom. The molecular formula is C8H17NO2S. The molecule has 0 aliphatic carbocycles. The van der Waals surface area contributed by atoms with Crippen molar-refractivity contribution in [2.45, 2.75) is 25.5 Å². The molecule has 0 rings (SSSR count). The summed E-state index contributed by atoms with van der Waals surface area (Å²) in [6.07, 6.45) is 0.824. The van der Waals surface area contributed by atoms with Crippen LogP contribution in [0.4, 0.5) is 0 Å². The molecule has 2 N–H and O–H groups in total. The van der Waals surface area contributed by atoms with Gasteiger partial charge in [-0.1, -0.05) is 6.92 Å². The molecule has 1 unspecified atom stereocenters. The van der Waals surface area contributed by atoms with Crippen LogP contribution in [0.3, 0.4) is 0 Å². The minimum Gasteiger partial charge on any atom is -0.396 e. The van der Waals surface area contributed by atoms with Crippen LogP contribution in [0.25, 0.3) is 0 Å². The van der Waals surface area contributed by atoms with Gasteiger partial charge in [-0.05, 0) is 6.42 Å². The molecule has 1 atom stereocenters. The Morgan fingerprint density at radius 1 is 1.67 bits per heavy atom. The molecular weight excluding hydrogens is 174 g/mol. The maximum absolute atomic E-state index is 10.5. The Bertz CT molecular complexity index is 130. The van der Waals surface area contributed by atoms with E-state index in [1.54, 1.807) is 11.8 Å². The number of hydrogen-bond donors (Lipinski definition) is 2. The van der Waals surface area contributed by atoms with Crippen LogP contribution in [0.5, 0.6) is 0 Å². The van der Waals surface area contributed by atoms with Crippen LogP contribution >= 0.6 is 11.8 Å². The van der Waals surface area contributed by atoms with Gasteiger partial charge < -0.3 is 10.4 Å². The van der Waals surface area contributed by atoms with Crippen LogP contribution in [0.2, 0.25) is 0 Å². The smallest absolute Gasteiger partial charge is 0.216 e. The minimum absolute atomic E-state index is 0.0189. The highest BCUT2D eigenvalue weighted by Gasteiger charge is 2.00. The van der Waals surface area contributed by atoms with Crippen molar-refractivity contribution in [3.05, 3.63) is 0 Å². The summed E-state index contributed by atoms with van der Waals surface area (Å²) in [7, 11) is 0. The van der Waals surface area contributed by atoms with E-state index in [-0.39, 0.29) is 12.5 Å². The van der Waals surface area contributed by atoms with E-state index in [9.17, 15) is 4.79 Å². The number of carbonyl (C=O) groups is 1. The van der Waals surface area contributed by atoms with Gasteiger partial charge in [0.05, 0.1) is 0 Å². The van der Waals surface area contributed by atoms with Crippen molar-refractivity contribution < 1.29 is 9.90 Å². The summed E-state index contributed by atoms with van der Waals surface area (Å²) in [6, 6.07) is 0. The lowest BCUT2D eigenvalue weighted by atomic mass is 10.3. The first-order valence-corrected chi connectivity index (χ1v) is 5.18. The summed E-state index contributed by atoms with van der Waals surface area (Å²) in [6.45, 7) is 4.56. The molecule has 3 nitrogen and oxygen atoms in total. The molecule has 0 aromatic heterocycles. The molecule has 0 bridgehead atoms. The van der Waals surface area contributed by atoms with Gasteiger partial charge in [-0.15, -0.1) is 0 Å². The standard InChI is InChI=1S/C8H17NO2S/c1-7(3-5-10)12-6-4-9-8(2)11/h7,10H,3-6H2,1-2H3,(H,9,11). The summed E-state index contributed by atoms with van der Waals surface area (Å²) in [5, 5.41) is 11.8. The summed E-state index contributed by atoms with van der Waals surface area (Å²) in [5.74, 6) is 0.936. The third-order valence-corrected chi connectivity index (χ3v) is 2.66. The van der Waals surface area contributed by atoms with Crippen LogP contribution < -0.4 is 5.32 Å². The number of hydrogen-bond acceptors (Lipinski definition) is 3. The summed E-state index contributed by atoms with van der Waals surface area (Å²) in [5.41, 5.74) is 0. The molecule has 0 aliphatic rings. The Hall–Kier alpha value is -0.220. The van der Waals surface area contributed by atoms with Crippen molar-refractivity contribution in [1.29, 1.82) is 0 Å². The molecule has 0 spiro atoms. The van der Waals surface area contributed by atoms with Gasteiger partial charge in [0, 0.05) is 31.1 Å². The number of carbonyl (C=O) groups excluding carboxylic acids is 1. The predicted molar refractivity (Wildman–Crippen MR) is 52.3 cm³/mol. The third kappa shape index (κ3) is 7.88. The molecule has 0 aromatic carbocycles. The van der Waals surface area contributed by atoms with Crippen molar-refractivity contribution in [3.63, 3.8) is 0 Å². The average molecular weight is 191 g/mol. The summed E-state index contributed by atoms with van der Waals surface area (Å²) >= 11 is 1.77. The Morgan fingerprint density at radius 2 is 2.33 bits per heavy atom. The molecule has 0 saturated heterocycles. The van der Waals surface area contributed by atoms with Gasteiger partial charge >= 0.3 is 0 Å². The van der Waals surface area contributed by atoms with Gasteiger partial charge in [0.2, 0.25) is 5.91 Å². The van der Waals surface area contributed by atoms with Crippen molar-refractivity contribution in [3.8, 4) is 0 Å². The fraction of sp³-hybridized carbons (Fsp3) is 0.875. The molecule has 0 aliphatic heterocycles. The summed E-state index contributed by atoms with van der Waals surface area (Å²) in [4.78, 5) is 10.5. The van der Waals surface area contributed by atoms with Gasteiger partial charge in [-0.3, -0.25) is 4.79 Å². The van der Waals surface area contributed by atoms with E-state index in [1.807, 2.05) is 0 Å². The molecule has 0 aromatic rings. The van der Waals surface area contributed by atoms with Crippen molar-refractivity contribution in [2.24, 2.45) is 0 Å². The van der Waals surface area contributed by atoms with Gasteiger partial charge in [0.15, 0.2) is 0 Å². The quantitative estimate of drug-likeness (QED) is 0.605. The molecule has 12 heavy (non-hydrogen) atoms. The maximum atomic E-state index is 10.5. The number of thioether (sulfide) groups is 1. The summed E-state index contributed by atoms with van der Waals surface area (Å²) < 4.78 is 0. The van der Waals surface area contributed by atoms with Crippen LogP contribution in [-0.2, 0) is 4.79 Å².